The predicted octanol–water partition coefficient (Wildman–Crippen LogP) is 1.73. The molecule has 0 saturated carbocycles. The SMILES string of the molecule is CC(C)(C)CCN1CCN(c2cnc(C(=O)O)cn2)CC1. The average molecular weight is 292 g/mol. The van der Waals surface area contributed by atoms with Crippen molar-refractivity contribution in [2.75, 3.05) is 37.6 Å². The van der Waals surface area contributed by atoms with Crippen LogP contribution in [0, 0.1) is 5.41 Å². The summed E-state index contributed by atoms with van der Waals surface area (Å²) < 4.78 is 0. The second-order valence-corrected chi connectivity index (χ2v) is 6.70. The number of aromatic nitrogens is 2. The molecule has 1 aromatic rings. The third-order valence-electron chi connectivity index (χ3n) is 3.73. The number of rotatable bonds is 4. The molecule has 2 heterocycles. The number of carboxylic acid groups (broad SMARTS) is 1. The van der Waals surface area contributed by atoms with Crippen LogP contribution in [-0.4, -0.2) is 58.7 Å². The summed E-state index contributed by atoms with van der Waals surface area (Å²) in [5, 5.41) is 8.82. The first-order valence-corrected chi connectivity index (χ1v) is 7.38. The third kappa shape index (κ3) is 4.67. The highest BCUT2D eigenvalue weighted by atomic mass is 16.4. The number of aromatic carboxylic acids is 1. The molecule has 0 amide bonds. The van der Waals surface area contributed by atoms with E-state index < -0.39 is 5.97 Å². The normalized spacial score (nSPS) is 17.0. The number of carboxylic acids is 1. The zero-order chi connectivity index (χ0) is 15.5. The van der Waals surface area contributed by atoms with Gasteiger partial charge in [-0.25, -0.2) is 14.8 Å². The van der Waals surface area contributed by atoms with Gasteiger partial charge in [0.25, 0.3) is 0 Å². The second kappa shape index (κ2) is 6.39. The lowest BCUT2D eigenvalue weighted by Crippen LogP contribution is -2.47. The van der Waals surface area contributed by atoms with Crippen molar-refractivity contribution in [3.63, 3.8) is 0 Å². The molecule has 2 rings (SSSR count). The first kappa shape index (κ1) is 15.7. The molecule has 0 atom stereocenters. The summed E-state index contributed by atoms with van der Waals surface area (Å²) in [7, 11) is 0. The van der Waals surface area contributed by atoms with Crippen molar-refractivity contribution >= 4 is 11.8 Å². The molecule has 116 valence electrons. The van der Waals surface area contributed by atoms with E-state index in [0.717, 1.165) is 38.5 Å². The maximum atomic E-state index is 10.8. The van der Waals surface area contributed by atoms with E-state index in [1.54, 1.807) is 6.20 Å². The van der Waals surface area contributed by atoms with Gasteiger partial charge in [0.2, 0.25) is 0 Å². The van der Waals surface area contributed by atoms with Gasteiger partial charge in [-0.2, -0.15) is 0 Å². The quantitative estimate of drug-likeness (QED) is 0.911. The molecule has 6 nitrogen and oxygen atoms in total. The van der Waals surface area contributed by atoms with Crippen LogP contribution in [0.5, 0.6) is 0 Å². The van der Waals surface area contributed by atoms with Gasteiger partial charge in [0.15, 0.2) is 5.69 Å². The average Bonchev–Trinajstić information content (AvgIpc) is 2.45. The van der Waals surface area contributed by atoms with Crippen molar-refractivity contribution in [1.29, 1.82) is 0 Å². The molecule has 1 N–H and O–H groups in total. The van der Waals surface area contributed by atoms with E-state index in [1.165, 1.54) is 12.6 Å². The lowest BCUT2D eigenvalue weighted by molar-refractivity contribution is 0.0690. The number of hydrogen-bond donors (Lipinski definition) is 1. The van der Waals surface area contributed by atoms with E-state index in [1.807, 2.05) is 0 Å². The molecular formula is C15H24N4O2. The van der Waals surface area contributed by atoms with E-state index in [-0.39, 0.29) is 5.69 Å². The molecule has 6 heteroatoms. The van der Waals surface area contributed by atoms with E-state index in [4.69, 9.17) is 5.11 Å². The minimum Gasteiger partial charge on any atom is -0.476 e. The van der Waals surface area contributed by atoms with Crippen LogP contribution in [0.25, 0.3) is 0 Å². The minimum atomic E-state index is -1.04. The van der Waals surface area contributed by atoms with Crippen LogP contribution < -0.4 is 4.90 Å². The molecule has 1 aromatic heterocycles. The Kier molecular flexibility index (Phi) is 4.77. The van der Waals surface area contributed by atoms with Gasteiger partial charge in [-0.15, -0.1) is 0 Å². The monoisotopic (exact) mass is 292 g/mol. The lowest BCUT2D eigenvalue weighted by Gasteiger charge is -2.36. The Hall–Kier alpha value is -1.69. The van der Waals surface area contributed by atoms with Crippen LogP contribution in [0.15, 0.2) is 12.4 Å². The molecule has 1 fully saturated rings. The summed E-state index contributed by atoms with van der Waals surface area (Å²) in [6.45, 7) is 11.8. The highest BCUT2D eigenvalue weighted by Crippen LogP contribution is 2.20. The van der Waals surface area contributed by atoms with Gasteiger partial charge in [-0.1, -0.05) is 20.8 Å². The zero-order valence-electron chi connectivity index (χ0n) is 13.0. The fourth-order valence-corrected chi connectivity index (χ4v) is 2.29. The molecule has 1 saturated heterocycles. The van der Waals surface area contributed by atoms with Gasteiger partial charge < -0.3 is 10.0 Å². The lowest BCUT2D eigenvalue weighted by atomic mass is 9.92. The smallest absolute Gasteiger partial charge is 0.356 e. The molecule has 0 aliphatic carbocycles. The Balaban J connectivity index is 1.84. The van der Waals surface area contributed by atoms with Gasteiger partial charge in [0.1, 0.15) is 5.82 Å². The van der Waals surface area contributed by atoms with Crippen LogP contribution in [0.1, 0.15) is 37.7 Å². The van der Waals surface area contributed by atoms with E-state index in [0.29, 0.717) is 5.41 Å². The summed E-state index contributed by atoms with van der Waals surface area (Å²) in [6, 6.07) is 0. The fraction of sp³-hybridized carbons (Fsp3) is 0.667. The number of hydrogen-bond acceptors (Lipinski definition) is 5. The highest BCUT2D eigenvalue weighted by Gasteiger charge is 2.20. The third-order valence-corrected chi connectivity index (χ3v) is 3.73. The van der Waals surface area contributed by atoms with Crippen molar-refractivity contribution in [3.8, 4) is 0 Å². The summed E-state index contributed by atoms with van der Waals surface area (Å²) in [5.41, 5.74) is 0.359. The molecule has 1 aliphatic rings. The van der Waals surface area contributed by atoms with Crippen LogP contribution in [0.2, 0.25) is 0 Å². The van der Waals surface area contributed by atoms with Crippen molar-refractivity contribution in [3.05, 3.63) is 18.1 Å². The van der Waals surface area contributed by atoms with Crippen molar-refractivity contribution < 1.29 is 9.90 Å². The number of carbonyl (C=O) groups is 1. The van der Waals surface area contributed by atoms with Crippen molar-refractivity contribution in [2.45, 2.75) is 27.2 Å². The molecule has 0 aromatic carbocycles. The molecule has 0 radical (unpaired) electrons. The number of anilines is 1. The van der Waals surface area contributed by atoms with Gasteiger partial charge in [0.05, 0.1) is 12.4 Å². The molecule has 0 unspecified atom stereocenters. The predicted molar refractivity (Wildman–Crippen MR) is 81.7 cm³/mol. The number of nitrogens with zero attached hydrogens (tertiary/aromatic N) is 4. The van der Waals surface area contributed by atoms with Gasteiger partial charge in [0, 0.05) is 26.2 Å². The Morgan fingerprint density at radius 3 is 2.33 bits per heavy atom. The van der Waals surface area contributed by atoms with Gasteiger partial charge >= 0.3 is 5.97 Å². The van der Waals surface area contributed by atoms with E-state index >= 15 is 0 Å². The summed E-state index contributed by atoms with van der Waals surface area (Å²) in [4.78, 5) is 23.5. The first-order chi connectivity index (χ1) is 9.85. The largest absolute Gasteiger partial charge is 0.476 e. The van der Waals surface area contributed by atoms with Crippen molar-refractivity contribution in [1.82, 2.24) is 14.9 Å². The zero-order valence-corrected chi connectivity index (χ0v) is 13.0. The van der Waals surface area contributed by atoms with Crippen LogP contribution in [0.3, 0.4) is 0 Å². The topological polar surface area (TPSA) is 69.6 Å². The van der Waals surface area contributed by atoms with Crippen LogP contribution >= 0.6 is 0 Å². The minimum absolute atomic E-state index is 0.0115. The van der Waals surface area contributed by atoms with Crippen LogP contribution in [-0.2, 0) is 0 Å². The number of piperazine rings is 1. The van der Waals surface area contributed by atoms with E-state index in [2.05, 4.69) is 40.5 Å². The molecule has 1 aliphatic heterocycles. The maximum Gasteiger partial charge on any atom is 0.356 e. The summed E-state index contributed by atoms with van der Waals surface area (Å²) in [6.07, 6.45) is 4.07. The standard InChI is InChI=1S/C15H24N4O2/c1-15(2,3)4-5-18-6-8-19(9-7-18)13-11-16-12(10-17-13)14(20)21/h10-11H,4-9H2,1-3H3,(H,20,21). The molecule has 21 heavy (non-hydrogen) atoms. The second-order valence-electron chi connectivity index (χ2n) is 6.70. The Morgan fingerprint density at radius 1 is 1.19 bits per heavy atom. The highest BCUT2D eigenvalue weighted by molar-refractivity contribution is 5.84. The summed E-state index contributed by atoms with van der Waals surface area (Å²) >= 11 is 0. The Morgan fingerprint density at radius 2 is 1.86 bits per heavy atom. The molecule has 0 spiro atoms. The summed E-state index contributed by atoms with van der Waals surface area (Å²) in [5.74, 6) is -0.281. The Bertz CT molecular complexity index is 473. The Labute approximate surface area is 125 Å². The first-order valence-electron chi connectivity index (χ1n) is 7.38. The van der Waals surface area contributed by atoms with Gasteiger partial charge in [-0.3, -0.25) is 4.90 Å². The van der Waals surface area contributed by atoms with Crippen molar-refractivity contribution in [2.24, 2.45) is 5.41 Å². The van der Waals surface area contributed by atoms with Gasteiger partial charge in [-0.05, 0) is 18.4 Å². The van der Waals surface area contributed by atoms with Crippen LogP contribution in [0.4, 0.5) is 5.82 Å². The molecule has 0 bridgehead atoms. The fourth-order valence-electron chi connectivity index (χ4n) is 2.29. The van der Waals surface area contributed by atoms with E-state index in [9.17, 15) is 4.79 Å². The molecular weight excluding hydrogens is 268 g/mol. The maximum absolute atomic E-state index is 10.8.